The maximum Gasteiger partial charge on any atom is 0.242 e. The zero-order valence-electron chi connectivity index (χ0n) is 11.3. The number of rotatable bonds is 4. The Morgan fingerprint density at radius 2 is 1.95 bits per heavy atom. The average Bonchev–Trinajstić information content (AvgIpc) is 2.41. The fourth-order valence-corrected chi connectivity index (χ4v) is 4.30. The summed E-state index contributed by atoms with van der Waals surface area (Å²) < 4.78 is 27.5. The van der Waals surface area contributed by atoms with Gasteiger partial charge in [0.1, 0.15) is 9.88 Å². The van der Waals surface area contributed by atoms with E-state index >= 15 is 0 Å². The third-order valence-electron chi connectivity index (χ3n) is 3.52. The SMILES string of the molecule is NC(=S)c1ccc(Cl)c(S(=O)(=O)NC2CCC(O)CC2)c1. The van der Waals surface area contributed by atoms with Gasteiger partial charge in [-0.05, 0) is 37.8 Å². The first-order chi connectivity index (χ1) is 9.79. The summed E-state index contributed by atoms with van der Waals surface area (Å²) in [7, 11) is -3.74. The van der Waals surface area contributed by atoms with Gasteiger partial charge in [-0.15, -0.1) is 0 Å². The van der Waals surface area contributed by atoms with Gasteiger partial charge in [0, 0.05) is 11.6 Å². The number of aliphatic hydroxyl groups is 1. The lowest BCUT2D eigenvalue weighted by Crippen LogP contribution is -2.38. The molecule has 0 spiro atoms. The minimum atomic E-state index is -3.74. The second-order valence-electron chi connectivity index (χ2n) is 5.14. The molecule has 0 aliphatic heterocycles. The summed E-state index contributed by atoms with van der Waals surface area (Å²) in [5.74, 6) is 0. The molecule has 1 aliphatic carbocycles. The molecule has 1 aliphatic rings. The second-order valence-corrected chi connectivity index (χ2v) is 7.67. The van der Waals surface area contributed by atoms with Crippen LogP contribution in [0, 0.1) is 0 Å². The second kappa shape index (κ2) is 6.58. The lowest BCUT2D eigenvalue weighted by atomic mass is 9.94. The molecule has 1 aromatic carbocycles. The fraction of sp³-hybridized carbons (Fsp3) is 0.462. The maximum absolute atomic E-state index is 12.4. The number of halogens is 1. The van der Waals surface area contributed by atoms with E-state index in [1.807, 2.05) is 0 Å². The van der Waals surface area contributed by atoms with E-state index in [1.54, 1.807) is 6.07 Å². The van der Waals surface area contributed by atoms with Gasteiger partial charge >= 0.3 is 0 Å². The molecule has 0 bridgehead atoms. The number of benzene rings is 1. The van der Waals surface area contributed by atoms with Crippen molar-refractivity contribution < 1.29 is 13.5 Å². The van der Waals surface area contributed by atoms with Crippen molar-refractivity contribution in [3.8, 4) is 0 Å². The quantitative estimate of drug-likeness (QED) is 0.718. The zero-order chi connectivity index (χ0) is 15.6. The van der Waals surface area contributed by atoms with Crippen LogP contribution in [-0.4, -0.2) is 30.7 Å². The molecule has 21 heavy (non-hydrogen) atoms. The van der Waals surface area contributed by atoms with Crippen LogP contribution in [0.2, 0.25) is 5.02 Å². The Hall–Kier alpha value is -0.730. The van der Waals surface area contributed by atoms with Gasteiger partial charge in [0.15, 0.2) is 0 Å². The fourth-order valence-electron chi connectivity index (χ4n) is 2.34. The van der Waals surface area contributed by atoms with E-state index in [4.69, 9.17) is 29.6 Å². The summed E-state index contributed by atoms with van der Waals surface area (Å²) >= 11 is 10.8. The summed E-state index contributed by atoms with van der Waals surface area (Å²) in [6.07, 6.45) is 2.05. The summed E-state index contributed by atoms with van der Waals surface area (Å²) in [5.41, 5.74) is 5.97. The smallest absolute Gasteiger partial charge is 0.242 e. The Balaban J connectivity index is 2.23. The van der Waals surface area contributed by atoms with E-state index in [1.165, 1.54) is 12.1 Å². The molecule has 1 saturated carbocycles. The Morgan fingerprint density at radius 1 is 1.33 bits per heavy atom. The molecule has 8 heteroatoms. The number of thiocarbonyl (C=S) groups is 1. The van der Waals surface area contributed by atoms with Gasteiger partial charge in [-0.2, -0.15) is 0 Å². The van der Waals surface area contributed by atoms with E-state index in [0.29, 0.717) is 31.2 Å². The predicted molar refractivity (Wildman–Crippen MR) is 85.9 cm³/mol. The van der Waals surface area contributed by atoms with Crippen LogP contribution in [0.15, 0.2) is 23.1 Å². The highest BCUT2D eigenvalue weighted by Gasteiger charge is 2.26. The molecule has 0 radical (unpaired) electrons. The van der Waals surface area contributed by atoms with Crippen molar-refractivity contribution in [1.82, 2.24) is 4.72 Å². The van der Waals surface area contributed by atoms with Crippen LogP contribution in [0.3, 0.4) is 0 Å². The minimum Gasteiger partial charge on any atom is -0.393 e. The first-order valence-electron chi connectivity index (χ1n) is 6.59. The minimum absolute atomic E-state index is 0.0272. The van der Waals surface area contributed by atoms with Crippen molar-refractivity contribution in [2.75, 3.05) is 0 Å². The Labute approximate surface area is 134 Å². The highest BCUT2D eigenvalue weighted by atomic mass is 35.5. The monoisotopic (exact) mass is 348 g/mol. The summed E-state index contributed by atoms with van der Waals surface area (Å²) in [6.45, 7) is 0. The normalized spacial score (nSPS) is 23.0. The Kier molecular flexibility index (Phi) is 5.21. The highest BCUT2D eigenvalue weighted by molar-refractivity contribution is 7.89. The topological polar surface area (TPSA) is 92.4 Å². The molecule has 4 N–H and O–H groups in total. The van der Waals surface area contributed by atoms with Crippen LogP contribution >= 0.6 is 23.8 Å². The first-order valence-corrected chi connectivity index (χ1v) is 8.86. The molecule has 0 heterocycles. The predicted octanol–water partition coefficient (Wildman–Crippen LogP) is 1.56. The van der Waals surface area contributed by atoms with Gasteiger partial charge in [0.25, 0.3) is 0 Å². The molecule has 0 aromatic heterocycles. The van der Waals surface area contributed by atoms with Crippen LogP contribution in [0.25, 0.3) is 0 Å². The van der Waals surface area contributed by atoms with E-state index in [0.717, 1.165) is 0 Å². The number of hydrogen-bond acceptors (Lipinski definition) is 4. The maximum atomic E-state index is 12.4. The molecule has 0 atom stereocenters. The highest BCUT2D eigenvalue weighted by Crippen LogP contribution is 2.25. The van der Waals surface area contributed by atoms with Gasteiger partial charge < -0.3 is 10.8 Å². The van der Waals surface area contributed by atoms with E-state index in [9.17, 15) is 13.5 Å². The number of sulfonamides is 1. The van der Waals surface area contributed by atoms with Crippen molar-refractivity contribution in [2.45, 2.75) is 42.7 Å². The van der Waals surface area contributed by atoms with E-state index < -0.39 is 10.0 Å². The van der Waals surface area contributed by atoms with Gasteiger partial charge in [0.2, 0.25) is 10.0 Å². The van der Waals surface area contributed by atoms with Crippen LogP contribution in [0.5, 0.6) is 0 Å². The average molecular weight is 349 g/mol. The number of aliphatic hydroxyl groups excluding tert-OH is 1. The van der Waals surface area contributed by atoms with Gasteiger partial charge in [-0.3, -0.25) is 0 Å². The largest absolute Gasteiger partial charge is 0.393 e. The Bertz CT molecular complexity index is 641. The van der Waals surface area contributed by atoms with Crippen molar-refractivity contribution in [2.24, 2.45) is 5.73 Å². The molecular weight excluding hydrogens is 332 g/mol. The van der Waals surface area contributed by atoms with E-state index in [2.05, 4.69) is 4.72 Å². The third-order valence-corrected chi connectivity index (χ3v) is 5.76. The van der Waals surface area contributed by atoms with Crippen molar-refractivity contribution in [3.05, 3.63) is 28.8 Å². The molecule has 5 nitrogen and oxygen atoms in total. The molecule has 0 unspecified atom stereocenters. The molecular formula is C13H17ClN2O3S2. The number of nitrogens with one attached hydrogen (secondary N) is 1. The van der Waals surface area contributed by atoms with Crippen LogP contribution in [0.4, 0.5) is 0 Å². The van der Waals surface area contributed by atoms with Gasteiger partial charge in [-0.25, -0.2) is 13.1 Å². The number of hydrogen-bond donors (Lipinski definition) is 3. The summed E-state index contributed by atoms with van der Waals surface area (Å²) in [6, 6.07) is 4.24. The van der Waals surface area contributed by atoms with Crippen LogP contribution < -0.4 is 10.5 Å². The molecule has 0 amide bonds. The van der Waals surface area contributed by atoms with Crippen LogP contribution in [-0.2, 0) is 10.0 Å². The summed E-state index contributed by atoms with van der Waals surface area (Å²) in [4.78, 5) is 0.0875. The molecule has 0 saturated heterocycles. The van der Waals surface area contributed by atoms with Crippen molar-refractivity contribution >= 4 is 38.8 Å². The van der Waals surface area contributed by atoms with Crippen molar-refractivity contribution in [3.63, 3.8) is 0 Å². The molecule has 2 rings (SSSR count). The molecule has 1 fully saturated rings. The molecule has 116 valence electrons. The van der Waals surface area contributed by atoms with Gasteiger partial charge in [-0.1, -0.05) is 29.9 Å². The lowest BCUT2D eigenvalue weighted by Gasteiger charge is -2.26. The van der Waals surface area contributed by atoms with Crippen molar-refractivity contribution in [1.29, 1.82) is 0 Å². The Morgan fingerprint density at radius 3 is 2.52 bits per heavy atom. The van der Waals surface area contributed by atoms with Crippen LogP contribution in [0.1, 0.15) is 31.2 Å². The zero-order valence-corrected chi connectivity index (χ0v) is 13.6. The van der Waals surface area contributed by atoms with E-state index in [-0.39, 0.29) is 27.1 Å². The van der Waals surface area contributed by atoms with Gasteiger partial charge in [0.05, 0.1) is 11.1 Å². The summed E-state index contributed by atoms with van der Waals surface area (Å²) in [5, 5.41) is 9.58. The lowest BCUT2D eigenvalue weighted by molar-refractivity contribution is 0.120. The third kappa shape index (κ3) is 4.14. The number of nitrogens with two attached hydrogens (primary N) is 1. The standard InChI is InChI=1S/C13H17ClN2O3S2/c14-11-6-1-8(13(15)20)7-12(11)21(18,19)16-9-2-4-10(17)5-3-9/h1,6-7,9-10,16-17H,2-5H2,(H2,15,20). The molecule has 1 aromatic rings. The first kappa shape index (κ1) is 16.6.